The van der Waals surface area contributed by atoms with Crippen LogP contribution in [0.2, 0.25) is 0 Å². The van der Waals surface area contributed by atoms with Gasteiger partial charge in [0.1, 0.15) is 18.1 Å². The molecule has 0 amide bonds. The zero-order chi connectivity index (χ0) is 16.4. The Bertz CT molecular complexity index is 359. The van der Waals surface area contributed by atoms with Crippen LogP contribution >= 0.6 is 12.0 Å². The second-order valence-electron chi connectivity index (χ2n) is 4.77. The van der Waals surface area contributed by atoms with Crippen LogP contribution in [-0.2, 0) is 28.4 Å². The summed E-state index contributed by atoms with van der Waals surface area (Å²) in [6.07, 6.45) is 6.28. The molecule has 10 heteroatoms. The zero-order valence-electron chi connectivity index (χ0n) is 11.8. The van der Waals surface area contributed by atoms with Crippen LogP contribution in [0.15, 0.2) is 0 Å². The van der Waals surface area contributed by atoms with E-state index in [9.17, 15) is 23.6 Å². The SMILES string of the molecule is O=C(COC(=O)C(F)(F)SOO[O-])OC1CCCCCCC1. The summed E-state index contributed by atoms with van der Waals surface area (Å²) in [4.78, 5) is 22.5. The average molecular weight is 343 g/mol. The summed E-state index contributed by atoms with van der Waals surface area (Å²) < 4.78 is 38.6. The maximum atomic E-state index is 13.0. The molecule has 1 aliphatic carbocycles. The fourth-order valence-electron chi connectivity index (χ4n) is 2.06. The molecule has 0 saturated heterocycles. The summed E-state index contributed by atoms with van der Waals surface area (Å²) >= 11 is -0.815. The Kier molecular flexibility index (Phi) is 8.61. The fraction of sp³-hybridized carbons (Fsp3) is 0.833. The summed E-state index contributed by atoms with van der Waals surface area (Å²) in [5.74, 6) is -2.91. The van der Waals surface area contributed by atoms with Crippen molar-refractivity contribution in [2.45, 2.75) is 56.3 Å². The molecule has 1 saturated carbocycles. The fourth-order valence-corrected chi connectivity index (χ4v) is 2.30. The van der Waals surface area contributed by atoms with E-state index in [4.69, 9.17) is 4.74 Å². The van der Waals surface area contributed by atoms with Gasteiger partial charge in [-0.2, -0.15) is 13.1 Å². The topological polar surface area (TPSA) is 94.1 Å². The van der Waals surface area contributed by atoms with E-state index in [2.05, 4.69) is 14.1 Å². The Balaban J connectivity index is 2.30. The van der Waals surface area contributed by atoms with E-state index >= 15 is 0 Å². The van der Waals surface area contributed by atoms with Gasteiger partial charge in [-0.3, -0.25) is 5.04 Å². The van der Waals surface area contributed by atoms with Crippen LogP contribution in [0.1, 0.15) is 44.9 Å². The number of carbonyl (C=O) groups is 2. The third-order valence-corrected chi connectivity index (χ3v) is 3.58. The molecule has 0 N–H and O–H groups in total. The van der Waals surface area contributed by atoms with Gasteiger partial charge in [0.2, 0.25) is 0 Å². The Labute approximate surface area is 130 Å². The van der Waals surface area contributed by atoms with Crippen LogP contribution in [0.4, 0.5) is 8.78 Å². The van der Waals surface area contributed by atoms with Crippen LogP contribution < -0.4 is 5.26 Å². The number of halogens is 2. The molecule has 0 spiro atoms. The van der Waals surface area contributed by atoms with E-state index in [-0.39, 0.29) is 6.10 Å². The molecule has 0 heterocycles. The standard InChI is InChI=1S/C12H18F2O7S/c13-12(14,22-21-20-17)11(16)18-8-10(15)19-9-6-4-2-1-3-5-7-9/h9,17H,1-8H2/p-1. The van der Waals surface area contributed by atoms with Crippen molar-refractivity contribution in [3.05, 3.63) is 0 Å². The molecule has 0 aromatic rings. The molecular weight excluding hydrogens is 326 g/mol. The molecule has 0 radical (unpaired) electrons. The molecule has 0 aliphatic heterocycles. The monoisotopic (exact) mass is 343 g/mol. The van der Waals surface area contributed by atoms with Gasteiger partial charge in [-0.15, -0.1) is 0 Å². The Morgan fingerprint density at radius 1 is 1.14 bits per heavy atom. The molecule has 0 unspecified atom stereocenters. The largest absolute Gasteiger partial charge is 0.691 e. The van der Waals surface area contributed by atoms with Gasteiger partial charge in [-0.1, -0.05) is 19.3 Å². The molecule has 7 nitrogen and oxygen atoms in total. The molecule has 0 aromatic heterocycles. The lowest BCUT2D eigenvalue weighted by atomic mass is 9.99. The van der Waals surface area contributed by atoms with Gasteiger partial charge >= 0.3 is 17.2 Å². The maximum Gasteiger partial charge on any atom is 0.415 e. The smallest absolute Gasteiger partial charge is 0.415 e. The minimum atomic E-state index is -4.16. The number of hydrogen-bond donors (Lipinski definition) is 0. The van der Waals surface area contributed by atoms with Crippen molar-refractivity contribution in [2.24, 2.45) is 0 Å². The number of rotatable bonds is 7. The van der Waals surface area contributed by atoms with Gasteiger partial charge in [0.05, 0.1) is 0 Å². The lowest BCUT2D eigenvalue weighted by Crippen LogP contribution is -2.31. The minimum absolute atomic E-state index is 0.279. The molecule has 0 aromatic carbocycles. The van der Waals surface area contributed by atoms with Crippen molar-refractivity contribution < 1.29 is 42.5 Å². The third kappa shape index (κ3) is 7.34. The van der Waals surface area contributed by atoms with Gasteiger partial charge in [0, 0.05) is 0 Å². The van der Waals surface area contributed by atoms with Gasteiger partial charge in [0.15, 0.2) is 6.61 Å². The molecule has 1 aliphatic rings. The van der Waals surface area contributed by atoms with E-state index in [1.807, 2.05) is 0 Å². The average Bonchev–Trinajstić information content (AvgIpc) is 2.45. The molecule has 1 fully saturated rings. The highest BCUT2D eigenvalue weighted by Gasteiger charge is 2.44. The van der Waals surface area contributed by atoms with E-state index in [1.165, 1.54) is 0 Å². The molecule has 0 bridgehead atoms. The van der Waals surface area contributed by atoms with Crippen molar-refractivity contribution in [1.82, 2.24) is 0 Å². The van der Waals surface area contributed by atoms with Crippen molar-refractivity contribution in [2.75, 3.05) is 6.61 Å². The number of hydrogen-bond acceptors (Lipinski definition) is 8. The van der Waals surface area contributed by atoms with Gasteiger partial charge in [-0.05, 0) is 25.7 Å². The Morgan fingerprint density at radius 3 is 2.32 bits per heavy atom. The highest BCUT2D eigenvalue weighted by atomic mass is 32.2. The van der Waals surface area contributed by atoms with Crippen molar-refractivity contribution in [1.29, 1.82) is 0 Å². The molecule has 0 atom stereocenters. The van der Waals surface area contributed by atoms with Crippen LogP contribution in [0.25, 0.3) is 0 Å². The summed E-state index contributed by atoms with van der Waals surface area (Å²) in [5, 5.41) is 7.98. The number of alkyl halides is 2. The first-order valence-corrected chi connectivity index (χ1v) is 7.58. The molecule has 128 valence electrons. The summed E-state index contributed by atoms with van der Waals surface area (Å²) in [5.41, 5.74) is 0. The molecular formula is C12H17F2O7S-. The quantitative estimate of drug-likeness (QED) is 0.298. The van der Waals surface area contributed by atoms with E-state index in [1.54, 1.807) is 0 Å². The third-order valence-electron chi connectivity index (χ3n) is 3.08. The summed E-state index contributed by atoms with van der Waals surface area (Å²) in [6.45, 7) is -0.927. The summed E-state index contributed by atoms with van der Waals surface area (Å²) in [7, 11) is 0. The highest BCUT2D eigenvalue weighted by molar-refractivity contribution is 7.96. The van der Waals surface area contributed by atoms with E-state index < -0.39 is 35.8 Å². The number of carbonyl (C=O) groups excluding carboxylic acids is 2. The van der Waals surface area contributed by atoms with E-state index in [0.29, 0.717) is 12.8 Å². The van der Waals surface area contributed by atoms with Crippen molar-refractivity contribution >= 4 is 24.0 Å². The first-order valence-electron chi connectivity index (χ1n) is 6.84. The second kappa shape index (κ2) is 9.93. The van der Waals surface area contributed by atoms with Crippen LogP contribution in [0.3, 0.4) is 0 Å². The Hall–Kier alpha value is -0.970. The van der Waals surface area contributed by atoms with Crippen molar-refractivity contribution in [3.63, 3.8) is 0 Å². The second-order valence-corrected chi connectivity index (χ2v) is 5.58. The number of ether oxygens (including phenoxy) is 2. The zero-order valence-corrected chi connectivity index (χ0v) is 12.6. The first-order chi connectivity index (χ1) is 10.5. The van der Waals surface area contributed by atoms with Crippen LogP contribution in [-0.4, -0.2) is 29.9 Å². The van der Waals surface area contributed by atoms with Gasteiger partial charge in [0.25, 0.3) is 0 Å². The van der Waals surface area contributed by atoms with Crippen LogP contribution in [0.5, 0.6) is 0 Å². The maximum absolute atomic E-state index is 13.0. The predicted octanol–water partition coefficient (Wildman–Crippen LogP) is 1.65. The predicted molar refractivity (Wildman–Crippen MR) is 67.9 cm³/mol. The van der Waals surface area contributed by atoms with Gasteiger partial charge in [-0.25, -0.2) is 9.59 Å². The lowest BCUT2D eigenvalue weighted by molar-refractivity contribution is -0.777. The molecule has 1 rings (SSSR count). The molecule has 22 heavy (non-hydrogen) atoms. The summed E-state index contributed by atoms with van der Waals surface area (Å²) in [6, 6.07) is 0. The lowest BCUT2D eigenvalue weighted by Gasteiger charge is -2.20. The van der Waals surface area contributed by atoms with E-state index in [0.717, 1.165) is 32.1 Å². The normalized spacial score (nSPS) is 17.4. The highest BCUT2D eigenvalue weighted by Crippen LogP contribution is 2.31. The van der Waals surface area contributed by atoms with Gasteiger partial charge < -0.3 is 14.7 Å². The minimum Gasteiger partial charge on any atom is -0.691 e. The Morgan fingerprint density at radius 2 is 1.73 bits per heavy atom. The first kappa shape index (κ1) is 19.1. The van der Waals surface area contributed by atoms with Crippen molar-refractivity contribution in [3.8, 4) is 0 Å². The van der Waals surface area contributed by atoms with Crippen LogP contribution in [0, 0.1) is 0 Å². The number of esters is 2.